The molecule has 0 radical (unpaired) electrons. The molecular formula is C32H51N3O7. The minimum atomic E-state index is -1.52. The zero-order valence-corrected chi connectivity index (χ0v) is 26.1. The lowest BCUT2D eigenvalue weighted by molar-refractivity contribution is -0.155. The summed E-state index contributed by atoms with van der Waals surface area (Å²) in [5, 5.41) is 19.2. The molecular weight excluding hydrogens is 538 g/mol. The van der Waals surface area contributed by atoms with Gasteiger partial charge in [-0.15, -0.1) is 0 Å². The zero-order chi connectivity index (χ0) is 31.3. The number of nitrogens with one attached hydrogen (secondary N) is 3. The number of ether oxygens (including phenoxy) is 2. The van der Waals surface area contributed by atoms with Crippen molar-refractivity contribution < 1.29 is 33.8 Å². The number of rotatable bonds is 14. The van der Waals surface area contributed by atoms with Crippen molar-refractivity contribution in [3.05, 3.63) is 35.9 Å². The Labute approximate surface area is 250 Å². The minimum Gasteiger partial charge on any atom is -0.464 e. The van der Waals surface area contributed by atoms with Crippen molar-refractivity contribution in [2.75, 3.05) is 6.61 Å². The molecule has 0 aromatic heterocycles. The average Bonchev–Trinajstić information content (AvgIpc) is 2.91. The molecule has 1 aliphatic carbocycles. The molecule has 0 unspecified atom stereocenters. The van der Waals surface area contributed by atoms with Crippen LogP contribution in [0.1, 0.15) is 92.1 Å². The van der Waals surface area contributed by atoms with Gasteiger partial charge in [0.15, 0.2) is 6.10 Å². The molecule has 0 bridgehead atoms. The molecule has 1 aromatic rings. The first kappa shape index (κ1) is 35.1. The Morgan fingerprint density at radius 2 is 1.55 bits per heavy atom. The summed E-state index contributed by atoms with van der Waals surface area (Å²) in [4.78, 5) is 52.3. The van der Waals surface area contributed by atoms with Gasteiger partial charge in [-0.25, -0.2) is 9.59 Å². The Balaban J connectivity index is 2.24. The third-order valence-corrected chi connectivity index (χ3v) is 7.18. The van der Waals surface area contributed by atoms with Gasteiger partial charge < -0.3 is 30.5 Å². The highest BCUT2D eigenvalue weighted by Crippen LogP contribution is 2.28. The van der Waals surface area contributed by atoms with Crippen LogP contribution in [0.25, 0.3) is 0 Å². The molecule has 236 valence electrons. The molecule has 0 spiro atoms. The first-order valence-electron chi connectivity index (χ1n) is 15.3. The summed E-state index contributed by atoms with van der Waals surface area (Å²) in [6.45, 7) is 10.8. The topological polar surface area (TPSA) is 143 Å². The van der Waals surface area contributed by atoms with Crippen molar-refractivity contribution in [3.8, 4) is 0 Å². The molecule has 4 atom stereocenters. The van der Waals surface area contributed by atoms with Gasteiger partial charge in [-0.2, -0.15) is 0 Å². The zero-order valence-electron chi connectivity index (χ0n) is 26.1. The van der Waals surface area contributed by atoms with Crippen LogP contribution in [0.3, 0.4) is 0 Å². The molecule has 10 nitrogen and oxygen atoms in total. The summed E-state index contributed by atoms with van der Waals surface area (Å²) in [7, 11) is 0. The summed E-state index contributed by atoms with van der Waals surface area (Å²) < 4.78 is 10.4. The van der Waals surface area contributed by atoms with Crippen molar-refractivity contribution in [2.24, 2.45) is 11.8 Å². The molecule has 0 aliphatic heterocycles. The van der Waals surface area contributed by atoms with E-state index in [1.807, 2.05) is 44.2 Å². The van der Waals surface area contributed by atoms with Crippen LogP contribution in [0.4, 0.5) is 4.79 Å². The number of hydrogen-bond acceptors (Lipinski definition) is 7. The van der Waals surface area contributed by atoms with E-state index in [-0.39, 0.29) is 24.9 Å². The normalized spacial score (nSPS) is 17.0. The summed E-state index contributed by atoms with van der Waals surface area (Å²) >= 11 is 0. The molecule has 42 heavy (non-hydrogen) atoms. The molecule has 1 fully saturated rings. The van der Waals surface area contributed by atoms with E-state index >= 15 is 0 Å². The van der Waals surface area contributed by atoms with E-state index in [0.717, 1.165) is 37.7 Å². The van der Waals surface area contributed by atoms with Gasteiger partial charge in [0.25, 0.3) is 0 Å². The fourth-order valence-electron chi connectivity index (χ4n) is 5.21. The molecule has 1 saturated carbocycles. The van der Waals surface area contributed by atoms with Gasteiger partial charge in [0, 0.05) is 6.42 Å². The van der Waals surface area contributed by atoms with Crippen LogP contribution in [0.2, 0.25) is 0 Å². The second-order valence-corrected chi connectivity index (χ2v) is 12.6. The number of benzene rings is 1. The first-order valence-corrected chi connectivity index (χ1v) is 15.3. The van der Waals surface area contributed by atoms with Crippen LogP contribution in [-0.4, -0.2) is 65.4 Å². The highest BCUT2D eigenvalue weighted by molar-refractivity contribution is 5.92. The Kier molecular flexibility index (Phi) is 14.3. The Bertz CT molecular complexity index is 1000. The predicted molar refractivity (Wildman–Crippen MR) is 160 cm³/mol. The fraction of sp³-hybridized carbons (Fsp3) is 0.688. The van der Waals surface area contributed by atoms with Crippen molar-refractivity contribution in [2.45, 2.75) is 123 Å². The maximum atomic E-state index is 13.6. The lowest BCUT2D eigenvalue weighted by Crippen LogP contribution is -2.58. The number of alkyl carbamates (subject to hydrolysis) is 1. The van der Waals surface area contributed by atoms with E-state index in [1.165, 1.54) is 0 Å². The van der Waals surface area contributed by atoms with E-state index in [9.17, 15) is 24.3 Å². The molecule has 10 heteroatoms. The van der Waals surface area contributed by atoms with Gasteiger partial charge in [-0.3, -0.25) is 9.59 Å². The predicted octanol–water partition coefficient (Wildman–Crippen LogP) is 4.03. The van der Waals surface area contributed by atoms with Crippen molar-refractivity contribution in [1.82, 2.24) is 16.0 Å². The van der Waals surface area contributed by atoms with Crippen LogP contribution in [-0.2, 0) is 30.3 Å². The fourth-order valence-corrected chi connectivity index (χ4v) is 5.21. The third-order valence-electron chi connectivity index (χ3n) is 7.18. The molecule has 1 aliphatic rings. The second-order valence-electron chi connectivity index (χ2n) is 12.6. The van der Waals surface area contributed by atoms with Crippen LogP contribution in [0.5, 0.6) is 0 Å². The SMILES string of the molecule is CCOC(=O)[C@@H](O)[C@H](CC1CCCCC1)NC(=O)[C@H](CC(C)C)NC(=O)[C@H](Cc1ccccc1)NC(=O)OC(C)(C)C. The summed E-state index contributed by atoms with van der Waals surface area (Å²) in [5.74, 6) is -1.52. The van der Waals surface area contributed by atoms with E-state index in [1.54, 1.807) is 27.7 Å². The monoisotopic (exact) mass is 589 g/mol. The maximum absolute atomic E-state index is 13.6. The van der Waals surface area contributed by atoms with Crippen LogP contribution in [0.15, 0.2) is 30.3 Å². The van der Waals surface area contributed by atoms with E-state index in [4.69, 9.17) is 9.47 Å². The molecule has 0 saturated heterocycles. The first-order chi connectivity index (χ1) is 19.8. The van der Waals surface area contributed by atoms with Gasteiger partial charge in [0.2, 0.25) is 11.8 Å². The number of hydrogen-bond donors (Lipinski definition) is 4. The van der Waals surface area contributed by atoms with Gasteiger partial charge in [0.1, 0.15) is 17.7 Å². The van der Waals surface area contributed by atoms with Gasteiger partial charge in [-0.1, -0.05) is 76.3 Å². The largest absolute Gasteiger partial charge is 0.464 e. The van der Waals surface area contributed by atoms with Crippen molar-refractivity contribution in [1.29, 1.82) is 0 Å². The number of aliphatic hydroxyl groups excluding tert-OH is 1. The standard InChI is InChI=1S/C32H51N3O7/c1-7-41-30(39)27(36)24(19-22-14-10-8-11-15-22)33-28(37)25(18-21(2)3)34-29(38)26(20-23-16-12-9-13-17-23)35-31(40)42-32(4,5)6/h9,12-13,16-17,21-22,24-27,36H,7-8,10-11,14-15,18-20H2,1-6H3,(H,33,37)(H,34,38)(H,35,40)/t24-,25-,26-,27-/m0/s1. The van der Waals surface area contributed by atoms with Gasteiger partial charge in [-0.05, 0) is 57.9 Å². The number of amides is 3. The molecule has 0 heterocycles. The van der Waals surface area contributed by atoms with Crippen LogP contribution >= 0.6 is 0 Å². The van der Waals surface area contributed by atoms with Crippen molar-refractivity contribution in [3.63, 3.8) is 0 Å². The highest BCUT2D eigenvalue weighted by atomic mass is 16.6. The van der Waals surface area contributed by atoms with Gasteiger partial charge >= 0.3 is 12.1 Å². The molecule has 3 amide bonds. The number of carbonyl (C=O) groups is 4. The van der Waals surface area contributed by atoms with Gasteiger partial charge in [0.05, 0.1) is 12.6 Å². The Morgan fingerprint density at radius 3 is 2.12 bits per heavy atom. The minimum absolute atomic E-state index is 0.0409. The lowest BCUT2D eigenvalue weighted by atomic mass is 9.83. The van der Waals surface area contributed by atoms with Crippen LogP contribution < -0.4 is 16.0 Å². The van der Waals surface area contributed by atoms with E-state index in [2.05, 4.69) is 16.0 Å². The molecule has 4 N–H and O–H groups in total. The smallest absolute Gasteiger partial charge is 0.408 e. The lowest BCUT2D eigenvalue weighted by Gasteiger charge is -2.31. The van der Waals surface area contributed by atoms with E-state index in [0.29, 0.717) is 12.8 Å². The number of aliphatic hydroxyl groups is 1. The summed E-state index contributed by atoms with van der Waals surface area (Å²) in [6, 6.07) is 6.42. The Hall–Kier alpha value is -3.14. The number of esters is 1. The maximum Gasteiger partial charge on any atom is 0.408 e. The quantitative estimate of drug-likeness (QED) is 0.240. The average molecular weight is 590 g/mol. The third kappa shape index (κ3) is 12.8. The molecule has 2 rings (SSSR count). The molecule has 1 aromatic carbocycles. The van der Waals surface area contributed by atoms with E-state index < -0.39 is 53.7 Å². The Morgan fingerprint density at radius 1 is 0.929 bits per heavy atom. The number of carbonyl (C=O) groups excluding carboxylic acids is 4. The second kappa shape index (κ2) is 17.1. The summed E-state index contributed by atoms with van der Waals surface area (Å²) in [6.07, 6.45) is 3.89. The highest BCUT2D eigenvalue weighted by Gasteiger charge is 2.35. The van der Waals surface area contributed by atoms with Crippen LogP contribution in [0, 0.1) is 11.8 Å². The van der Waals surface area contributed by atoms with Crippen molar-refractivity contribution >= 4 is 23.9 Å². The summed E-state index contributed by atoms with van der Waals surface area (Å²) in [5.41, 5.74) is 0.0639.